The van der Waals surface area contributed by atoms with Crippen LogP contribution in [0.2, 0.25) is 0 Å². The largest absolute Gasteiger partial charge is 0.296 e. The van der Waals surface area contributed by atoms with Crippen LogP contribution in [0.15, 0.2) is 27.5 Å². The van der Waals surface area contributed by atoms with Crippen molar-refractivity contribution in [1.82, 2.24) is 9.55 Å². The van der Waals surface area contributed by atoms with Crippen molar-refractivity contribution in [3.63, 3.8) is 0 Å². The maximum atomic E-state index is 12.4. The van der Waals surface area contributed by atoms with Gasteiger partial charge in [-0.25, -0.2) is 4.98 Å². The normalized spacial score (nSPS) is 23.1. The Morgan fingerprint density at radius 2 is 2.17 bits per heavy atom. The van der Waals surface area contributed by atoms with Crippen LogP contribution in [0.1, 0.15) is 32.0 Å². The van der Waals surface area contributed by atoms with Gasteiger partial charge in [-0.05, 0) is 30.5 Å². The fourth-order valence-electron chi connectivity index (χ4n) is 2.61. The monoisotopic (exact) mass is 306 g/mol. The van der Waals surface area contributed by atoms with Crippen LogP contribution in [-0.4, -0.2) is 9.55 Å². The first-order chi connectivity index (χ1) is 8.58. The van der Waals surface area contributed by atoms with Crippen LogP contribution < -0.4 is 5.56 Å². The highest BCUT2D eigenvalue weighted by atomic mass is 79.9. The first kappa shape index (κ1) is 11.9. The molecule has 0 spiro atoms. The van der Waals surface area contributed by atoms with Gasteiger partial charge >= 0.3 is 0 Å². The van der Waals surface area contributed by atoms with Gasteiger partial charge in [0.15, 0.2) is 0 Å². The molecule has 1 aromatic carbocycles. The topological polar surface area (TPSA) is 34.9 Å². The lowest BCUT2D eigenvalue weighted by Gasteiger charge is -2.28. The van der Waals surface area contributed by atoms with Gasteiger partial charge in [0.2, 0.25) is 0 Å². The van der Waals surface area contributed by atoms with E-state index in [0.29, 0.717) is 17.2 Å². The van der Waals surface area contributed by atoms with Crippen LogP contribution >= 0.6 is 15.9 Å². The minimum absolute atomic E-state index is 0.0984. The Hall–Kier alpha value is -1.16. The van der Waals surface area contributed by atoms with E-state index in [-0.39, 0.29) is 5.56 Å². The summed E-state index contributed by atoms with van der Waals surface area (Å²) in [6.07, 6.45) is 1.05. The molecule has 0 saturated carbocycles. The summed E-state index contributed by atoms with van der Waals surface area (Å²) in [6, 6.07) is 5.67. The molecule has 2 heterocycles. The molecule has 3 nitrogen and oxygen atoms in total. The Kier molecular flexibility index (Phi) is 2.77. The summed E-state index contributed by atoms with van der Waals surface area (Å²) >= 11 is 3.43. The fourth-order valence-corrected chi connectivity index (χ4v) is 2.96. The second-order valence-electron chi connectivity index (χ2n) is 5.14. The number of aromatic nitrogens is 2. The van der Waals surface area contributed by atoms with Crippen LogP contribution in [0.5, 0.6) is 0 Å². The zero-order valence-electron chi connectivity index (χ0n) is 10.5. The number of hydrogen-bond acceptors (Lipinski definition) is 2. The molecule has 2 atom stereocenters. The quantitative estimate of drug-likeness (QED) is 0.748. The average Bonchev–Trinajstić information content (AvgIpc) is 2.34. The van der Waals surface area contributed by atoms with Crippen molar-refractivity contribution in [2.75, 3.05) is 0 Å². The van der Waals surface area contributed by atoms with Crippen LogP contribution in [0.3, 0.4) is 0 Å². The van der Waals surface area contributed by atoms with Crippen molar-refractivity contribution < 1.29 is 0 Å². The van der Waals surface area contributed by atoms with Gasteiger partial charge in [0.1, 0.15) is 5.82 Å². The Morgan fingerprint density at radius 1 is 1.39 bits per heavy atom. The third-order valence-corrected chi connectivity index (χ3v) is 4.51. The summed E-state index contributed by atoms with van der Waals surface area (Å²) in [5, 5.41) is 0.712. The van der Waals surface area contributed by atoms with Gasteiger partial charge in [-0.2, -0.15) is 0 Å². The summed E-state index contributed by atoms with van der Waals surface area (Å²) in [5.74, 6) is 1.86. The van der Waals surface area contributed by atoms with E-state index >= 15 is 0 Å². The maximum Gasteiger partial charge on any atom is 0.261 e. The highest BCUT2D eigenvalue weighted by Gasteiger charge is 2.25. The van der Waals surface area contributed by atoms with Gasteiger partial charge in [0.05, 0.1) is 10.9 Å². The number of hydrogen-bond donors (Lipinski definition) is 0. The minimum atomic E-state index is 0.0984. The molecule has 2 aromatic rings. The third-order valence-electron chi connectivity index (χ3n) is 4.02. The average molecular weight is 307 g/mol. The number of nitrogens with zero attached hydrogens (tertiary/aromatic N) is 2. The van der Waals surface area contributed by atoms with Gasteiger partial charge in [-0.3, -0.25) is 9.36 Å². The second kappa shape index (κ2) is 4.19. The van der Waals surface area contributed by atoms with Crippen molar-refractivity contribution in [3.05, 3.63) is 38.9 Å². The molecule has 0 aliphatic carbocycles. The Bertz CT molecular complexity index is 677. The first-order valence-corrected chi connectivity index (χ1v) is 7.07. The van der Waals surface area contributed by atoms with Crippen LogP contribution in [-0.2, 0) is 6.54 Å². The predicted octanol–water partition coefficient (Wildman–Crippen LogP) is 3.30. The molecule has 18 heavy (non-hydrogen) atoms. The number of benzene rings is 1. The van der Waals surface area contributed by atoms with Crippen LogP contribution in [0.25, 0.3) is 10.9 Å². The van der Waals surface area contributed by atoms with E-state index in [1.807, 2.05) is 22.8 Å². The van der Waals surface area contributed by atoms with E-state index in [4.69, 9.17) is 4.98 Å². The van der Waals surface area contributed by atoms with Gasteiger partial charge in [-0.15, -0.1) is 0 Å². The Labute approximate surface area is 114 Å². The zero-order chi connectivity index (χ0) is 12.9. The number of rotatable bonds is 0. The third kappa shape index (κ3) is 1.70. The van der Waals surface area contributed by atoms with E-state index in [9.17, 15) is 4.79 Å². The molecule has 0 fully saturated rings. The van der Waals surface area contributed by atoms with E-state index in [2.05, 4.69) is 29.8 Å². The molecule has 1 aliphatic rings. The molecule has 3 rings (SSSR count). The van der Waals surface area contributed by atoms with Gasteiger partial charge in [-0.1, -0.05) is 29.8 Å². The predicted molar refractivity (Wildman–Crippen MR) is 75.9 cm³/mol. The zero-order valence-corrected chi connectivity index (χ0v) is 12.1. The molecule has 1 aliphatic heterocycles. The van der Waals surface area contributed by atoms with Crippen molar-refractivity contribution in [3.8, 4) is 0 Å². The number of halogens is 1. The van der Waals surface area contributed by atoms with Gasteiger partial charge < -0.3 is 0 Å². The van der Waals surface area contributed by atoms with Crippen molar-refractivity contribution in [1.29, 1.82) is 0 Å². The van der Waals surface area contributed by atoms with Gasteiger partial charge in [0, 0.05) is 16.9 Å². The summed E-state index contributed by atoms with van der Waals surface area (Å²) in [5.41, 5.74) is 0.892. The Balaban J connectivity index is 2.35. The Morgan fingerprint density at radius 3 is 2.94 bits per heavy atom. The second-order valence-corrected chi connectivity index (χ2v) is 6.06. The lowest BCUT2D eigenvalue weighted by atomic mass is 9.89. The van der Waals surface area contributed by atoms with Crippen LogP contribution in [0.4, 0.5) is 0 Å². The lowest BCUT2D eigenvalue weighted by molar-refractivity contribution is 0.340. The SMILES string of the molecule is CC1CCn2c(nc3cc(Br)ccc3c2=O)C1C. The molecule has 94 valence electrons. The smallest absolute Gasteiger partial charge is 0.261 e. The minimum Gasteiger partial charge on any atom is -0.296 e. The molecule has 4 heteroatoms. The highest BCUT2D eigenvalue weighted by molar-refractivity contribution is 9.10. The molecule has 0 radical (unpaired) electrons. The molecular formula is C14H15BrN2O. The molecule has 1 aromatic heterocycles. The van der Waals surface area contributed by atoms with E-state index in [1.54, 1.807) is 0 Å². The molecule has 2 unspecified atom stereocenters. The summed E-state index contributed by atoms with van der Waals surface area (Å²) in [4.78, 5) is 17.1. The highest BCUT2D eigenvalue weighted by Crippen LogP contribution is 2.30. The summed E-state index contributed by atoms with van der Waals surface area (Å²) in [6.45, 7) is 5.18. The maximum absolute atomic E-state index is 12.4. The summed E-state index contributed by atoms with van der Waals surface area (Å²) in [7, 11) is 0. The molecule has 0 N–H and O–H groups in total. The van der Waals surface area contributed by atoms with Gasteiger partial charge in [0.25, 0.3) is 5.56 Å². The van der Waals surface area contributed by atoms with E-state index in [0.717, 1.165) is 28.8 Å². The molecular weight excluding hydrogens is 292 g/mol. The van der Waals surface area contributed by atoms with Crippen LogP contribution in [0, 0.1) is 5.92 Å². The molecule has 0 saturated heterocycles. The van der Waals surface area contributed by atoms with E-state index in [1.165, 1.54) is 0 Å². The van der Waals surface area contributed by atoms with E-state index < -0.39 is 0 Å². The lowest BCUT2D eigenvalue weighted by Crippen LogP contribution is -2.32. The summed E-state index contributed by atoms with van der Waals surface area (Å²) < 4.78 is 2.81. The number of fused-ring (bicyclic) bond motifs is 2. The molecule has 0 amide bonds. The van der Waals surface area contributed by atoms with Crippen molar-refractivity contribution in [2.24, 2.45) is 5.92 Å². The van der Waals surface area contributed by atoms with Crippen molar-refractivity contribution in [2.45, 2.75) is 32.7 Å². The molecule has 0 bridgehead atoms. The fraction of sp³-hybridized carbons (Fsp3) is 0.429. The first-order valence-electron chi connectivity index (χ1n) is 6.28. The standard InChI is InChI=1S/C14H15BrN2O/c1-8-5-6-17-13(9(8)2)16-12-7-10(15)3-4-11(12)14(17)18/h3-4,7-9H,5-6H2,1-2H3. The van der Waals surface area contributed by atoms with Crippen molar-refractivity contribution >= 4 is 26.8 Å².